The van der Waals surface area contributed by atoms with E-state index in [2.05, 4.69) is 0 Å². The Bertz CT molecular complexity index is 5510. The molecule has 0 spiro atoms. The van der Waals surface area contributed by atoms with E-state index in [1.165, 1.54) is 0 Å². The summed E-state index contributed by atoms with van der Waals surface area (Å²) >= 11 is 0. The Labute approximate surface area is 750 Å². The summed E-state index contributed by atoms with van der Waals surface area (Å²) in [6, 6.07) is 0. The molecule has 12 saturated heterocycles. The Kier molecular flexibility index (Phi) is 14.6. The van der Waals surface area contributed by atoms with Crippen LogP contribution < -0.4 is 0 Å². The third-order valence-electron chi connectivity index (χ3n) is 46.0. The molecule has 24 aliphatic carbocycles. The number of hydrogen-bond donors (Lipinski definition) is 0. The number of carbonyl (C=O) groups is 24. The van der Waals surface area contributed by atoms with Crippen LogP contribution in [0.1, 0.15) is 83.5 Å². The number of cyclic esters (lactones) is 24. The summed E-state index contributed by atoms with van der Waals surface area (Å²) in [5.41, 5.74) is 0. The zero-order valence-electron chi connectivity index (χ0n) is 70.5. The lowest BCUT2D eigenvalue weighted by atomic mass is 9.41. The first-order valence-electron chi connectivity index (χ1n) is 49.0. The molecule has 0 radical (unpaired) electrons. The minimum Gasteiger partial charge on any atom is -0.393 e. The predicted octanol–water partition coefficient (Wildman–Crippen LogP) is 1.29. The molecule has 36 fully saturated rings. The smallest absolute Gasteiger partial charge is 0.317 e. The van der Waals surface area contributed by atoms with Gasteiger partial charge in [-0.1, -0.05) is 0 Å². The van der Waals surface area contributed by atoms with Crippen LogP contribution in [-0.4, -0.2) is 143 Å². The molecule has 0 aromatic carbocycles. The highest BCUT2D eigenvalue weighted by atomic mass is 16.6. The summed E-state index contributed by atoms with van der Waals surface area (Å²) in [5.74, 6) is -5.83. The number of rotatable bonds is 0. The highest BCUT2D eigenvalue weighted by Gasteiger charge is 2.87. The van der Waals surface area contributed by atoms with Crippen LogP contribution in [0.3, 0.4) is 0 Å². The number of carbonyl (C=O) groups excluding carboxylic acids is 24. The maximum Gasteiger partial charge on any atom is 0.317 e. The van der Waals surface area contributed by atoms with Gasteiger partial charge in [0.15, 0.2) is 0 Å². The van der Waals surface area contributed by atoms with Crippen LogP contribution in [0.25, 0.3) is 0 Å². The first-order chi connectivity index (χ1) is 63.9. The predicted molar refractivity (Wildman–Crippen MR) is 403 cm³/mol. The molecule has 22 bridgehead atoms. The molecule has 133 heavy (non-hydrogen) atoms. The molecule has 54 unspecified atom stereocenters. The molecule has 36 aliphatic rings. The summed E-state index contributed by atoms with van der Waals surface area (Å²) in [6.07, 6.45) is 10.1. The normalized spacial score (nSPS) is 59.4. The highest BCUT2D eigenvalue weighted by Crippen LogP contribution is 2.85. The molecule has 12 heterocycles. The summed E-state index contributed by atoms with van der Waals surface area (Å²) in [6.45, 7) is 0. The minimum atomic E-state index is -0.454. The van der Waals surface area contributed by atoms with Crippen LogP contribution in [0.15, 0.2) is 0 Å². The first-order valence-corrected chi connectivity index (χ1v) is 49.0. The van der Waals surface area contributed by atoms with E-state index < -0.39 is 65.6 Å². The van der Waals surface area contributed by atoms with Crippen molar-refractivity contribution in [3.8, 4) is 0 Å². The Morgan fingerprint density at radius 2 is 0.256 bits per heavy atom. The standard InChI is InChI=1S/C20H18O6.C17H16O6.C16H14O6.C15H12O6.C15H14O6.C14H12O6/c21-17-13-9-3-1-4(10(9)14(13)18(22)25-17)8-6-2-5(7(3)8)11-12(6)16-15(11)19(23)26-20(16)24;18-9-3-5-4-1-6(12(5)15(19)22-9)11-8-2-7(10(4)11)13-14(8)17(21)23-16(13)20;17-13-9-3-1-4(10(9)14(18)21-13)8-6-2-5(7(3)8)11-12(6)16(20)22-15(11)19;16-12-8-4-2-1-3(6(4)10(8)14(18)20-12)7-5(2)9-11(7)15(19)21-13(9)17;16-9-3-5-4-1-6(12(5)15(19)20-9)11-8-2-7(10(4)11)13(17)21-14(8)18;15-11-5-2-6(12(16)19-11)8-4-1-3(7(5)8)9-10(4)14(18)20-13(9)17/h3-16H,1-2H2;4-8,10-14H,1-3H2;3-12H,1-2H2;2-11H,1H2;4-8,10-12H,1-3H2;3-10H,1-2H2. The molecule has 54 atom stereocenters. The van der Waals surface area contributed by atoms with Crippen molar-refractivity contribution >= 4 is 143 Å². The molecule has 0 amide bonds. The zero-order valence-corrected chi connectivity index (χ0v) is 70.5. The molecule has 690 valence electrons. The molecule has 0 aromatic heterocycles. The molecule has 36 heteroatoms. The fourth-order valence-corrected chi connectivity index (χ4v) is 44.3. The van der Waals surface area contributed by atoms with Crippen molar-refractivity contribution in [1.29, 1.82) is 0 Å². The minimum absolute atomic E-state index is 0.00222. The lowest BCUT2D eigenvalue weighted by Crippen LogP contribution is -2.62. The second kappa shape index (κ2) is 24.9. The topological polar surface area (TPSA) is 520 Å². The van der Waals surface area contributed by atoms with Gasteiger partial charge in [0, 0.05) is 12.8 Å². The first kappa shape index (κ1) is 77.9. The van der Waals surface area contributed by atoms with E-state index in [0.717, 1.165) is 57.8 Å². The average molecular weight is 1830 g/mol. The third kappa shape index (κ3) is 8.77. The fraction of sp³-hybridized carbons (Fsp3) is 0.753. The van der Waals surface area contributed by atoms with Crippen molar-refractivity contribution in [3.63, 3.8) is 0 Å². The average Bonchev–Trinajstić information content (AvgIpc) is 1.47. The monoisotopic (exact) mass is 1830 g/mol. The van der Waals surface area contributed by atoms with Crippen molar-refractivity contribution in [1.82, 2.24) is 0 Å². The quantitative estimate of drug-likeness (QED) is 0.143. The lowest BCUT2D eigenvalue weighted by Gasteiger charge is -2.58. The van der Waals surface area contributed by atoms with Crippen molar-refractivity contribution < 1.29 is 172 Å². The molecular formula is C97H86O36. The number of esters is 24. The second-order valence-corrected chi connectivity index (χ2v) is 47.5. The number of fused-ring (bicyclic) bond motifs is 89. The van der Waals surface area contributed by atoms with Crippen LogP contribution in [-0.2, 0) is 172 Å². The van der Waals surface area contributed by atoms with Crippen molar-refractivity contribution in [3.05, 3.63) is 0 Å². The molecule has 0 aromatic rings. The van der Waals surface area contributed by atoms with Gasteiger partial charge in [-0.25, -0.2) is 0 Å². The summed E-state index contributed by atoms with van der Waals surface area (Å²) in [7, 11) is 0. The van der Waals surface area contributed by atoms with Gasteiger partial charge in [0.25, 0.3) is 0 Å². The van der Waals surface area contributed by atoms with Crippen molar-refractivity contribution in [2.75, 3.05) is 0 Å². The Hall–Kier alpha value is -10.3. The van der Waals surface area contributed by atoms with Crippen molar-refractivity contribution in [2.24, 2.45) is 355 Å². The van der Waals surface area contributed by atoms with Crippen LogP contribution in [0, 0.1) is 355 Å². The largest absolute Gasteiger partial charge is 0.393 e. The highest BCUT2D eigenvalue weighted by molar-refractivity contribution is 6.05. The molecule has 0 N–H and O–H groups in total. The van der Waals surface area contributed by atoms with Crippen LogP contribution >= 0.6 is 0 Å². The molecule has 36 rings (SSSR count). The second-order valence-electron chi connectivity index (χ2n) is 47.5. The fourth-order valence-electron chi connectivity index (χ4n) is 44.3. The van der Waals surface area contributed by atoms with Crippen LogP contribution in [0.2, 0.25) is 0 Å². The van der Waals surface area contributed by atoms with Gasteiger partial charge in [0.1, 0.15) is 0 Å². The van der Waals surface area contributed by atoms with Crippen LogP contribution in [0.4, 0.5) is 0 Å². The molecular weight excluding hydrogens is 1740 g/mol. The van der Waals surface area contributed by atoms with E-state index >= 15 is 0 Å². The Balaban J connectivity index is 0.0000000751. The zero-order chi connectivity index (χ0) is 90.2. The van der Waals surface area contributed by atoms with E-state index in [1.807, 2.05) is 0 Å². The van der Waals surface area contributed by atoms with E-state index in [9.17, 15) is 115 Å². The Morgan fingerprint density at radius 3 is 0.496 bits per heavy atom. The van der Waals surface area contributed by atoms with E-state index in [4.69, 9.17) is 56.8 Å². The Morgan fingerprint density at radius 1 is 0.113 bits per heavy atom. The lowest BCUT2D eigenvalue weighted by molar-refractivity contribution is -0.177. The maximum absolute atomic E-state index is 12.2. The maximum atomic E-state index is 12.2. The van der Waals surface area contributed by atoms with Gasteiger partial charge in [-0.05, 0) is 296 Å². The SMILES string of the molecule is O=C1CC2C3CC(C2C(=O)O1)C1C2CC(C(=O)OC2=O)C31.O=C1CC2C3CC(C2C(=O)O1)C1C2CC(C4C(=O)OC(=O)C24)C31.O=C1OC(=O)C2C1C1C3CC(C21)C1C2C(=O)OC(=O)C2C31.O=C1OC(=O)C2C1C1C3CC(C4C5CC(C34)C3C4C(=O)OC(=O)C4C53)C21.O=C1OC(=O)C2C3CC(C12)C1C2CC(C4C(=O)OC(=O)C24)C31.O=C1OC(=O)C2CC1C1C3CC(C4C(=O)OC(=O)C34)C21. The van der Waals surface area contributed by atoms with Crippen molar-refractivity contribution in [2.45, 2.75) is 83.5 Å². The van der Waals surface area contributed by atoms with Gasteiger partial charge in [-0.3, -0.25) is 115 Å². The van der Waals surface area contributed by atoms with Crippen LogP contribution in [0.5, 0.6) is 0 Å². The summed E-state index contributed by atoms with van der Waals surface area (Å²) in [4.78, 5) is 287. The molecule has 24 saturated carbocycles. The number of hydrogen-bond acceptors (Lipinski definition) is 36. The van der Waals surface area contributed by atoms with Gasteiger partial charge >= 0.3 is 143 Å². The molecule has 12 aliphatic heterocycles. The third-order valence-corrected chi connectivity index (χ3v) is 46.0. The summed E-state index contributed by atoms with van der Waals surface area (Å²) in [5, 5.41) is 0. The van der Waals surface area contributed by atoms with E-state index in [1.54, 1.807) is 0 Å². The van der Waals surface area contributed by atoms with Gasteiger partial charge < -0.3 is 56.8 Å². The van der Waals surface area contributed by atoms with E-state index in [-0.39, 0.29) is 362 Å². The van der Waals surface area contributed by atoms with Gasteiger partial charge in [0.05, 0.1) is 130 Å². The van der Waals surface area contributed by atoms with Gasteiger partial charge in [-0.15, -0.1) is 0 Å². The molecule has 36 nitrogen and oxygen atoms in total. The van der Waals surface area contributed by atoms with Gasteiger partial charge in [-0.2, -0.15) is 0 Å². The number of ether oxygens (including phenoxy) is 12. The van der Waals surface area contributed by atoms with Gasteiger partial charge in [0.2, 0.25) is 0 Å². The summed E-state index contributed by atoms with van der Waals surface area (Å²) < 4.78 is 58.3. The van der Waals surface area contributed by atoms with E-state index in [0.29, 0.717) is 96.2 Å².